The van der Waals surface area contributed by atoms with Crippen molar-refractivity contribution in [3.8, 4) is 0 Å². The molecule has 0 aliphatic carbocycles. The monoisotopic (exact) mass is 294 g/mol. The molecular formula is C19H18O3. The fourth-order valence-electron chi connectivity index (χ4n) is 2.13. The third-order valence-electron chi connectivity index (χ3n) is 3.95. The minimum atomic E-state index is -0.994. The molecule has 3 heteroatoms. The topological polar surface area (TPSA) is 51.2 Å². The molecule has 0 aliphatic heterocycles. The fraction of sp³-hybridized carbons (Fsp3) is 0.211. The number of carbonyl (C=O) groups excluding carboxylic acids is 3. The highest BCUT2D eigenvalue weighted by molar-refractivity contribution is 6.69. The van der Waals surface area contributed by atoms with Crippen LogP contribution in [0.1, 0.15) is 43.0 Å². The molecule has 0 N–H and O–H groups in total. The van der Waals surface area contributed by atoms with Gasteiger partial charge in [0, 0.05) is 11.1 Å². The Bertz CT molecular complexity index is 720. The molecule has 0 aliphatic rings. The Labute approximate surface area is 130 Å². The lowest BCUT2D eigenvalue weighted by molar-refractivity contribution is -0.111. The molecule has 112 valence electrons. The van der Waals surface area contributed by atoms with Crippen LogP contribution in [0.25, 0.3) is 0 Å². The summed E-state index contributed by atoms with van der Waals surface area (Å²) < 4.78 is 0. The minimum absolute atomic E-state index is 0.255. The molecule has 0 aromatic heterocycles. The van der Waals surface area contributed by atoms with Gasteiger partial charge in [-0.05, 0) is 62.1 Å². The highest BCUT2D eigenvalue weighted by Crippen LogP contribution is 2.14. The van der Waals surface area contributed by atoms with Gasteiger partial charge in [0.25, 0.3) is 5.78 Å². The van der Waals surface area contributed by atoms with Crippen LogP contribution in [0.2, 0.25) is 0 Å². The maximum atomic E-state index is 12.2. The Hall–Kier alpha value is -2.55. The quantitative estimate of drug-likeness (QED) is 0.492. The summed E-state index contributed by atoms with van der Waals surface area (Å²) in [7, 11) is 0. The molecule has 22 heavy (non-hydrogen) atoms. The molecule has 0 saturated heterocycles. The molecule has 0 atom stereocenters. The molecule has 0 radical (unpaired) electrons. The smallest absolute Gasteiger partial charge is 0.273 e. The number of rotatable bonds is 4. The lowest BCUT2D eigenvalue weighted by Crippen LogP contribution is -2.24. The highest BCUT2D eigenvalue weighted by atomic mass is 16.2. The van der Waals surface area contributed by atoms with E-state index >= 15 is 0 Å². The predicted octanol–water partition coefficient (Wildman–Crippen LogP) is 3.55. The van der Waals surface area contributed by atoms with E-state index in [1.54, 1.807) is 36.4 Å². The van der Waals surface area contributed by atoms with Crippen molar-refractivity contribution < 1.29 is 14.4 Å². The molecule has 0 heterocycles. The molecule has 0 fully saturated rings. The second-order valence-corrected chi connectivity index (χ2v) is 5.59. The Morgan fingerprint density at radius 1 is 0.591 bits per heavy atom. The van der Waals surface area contributed by atoms with Crippen molar-refractivity contribution in [3.05, 3.63) is 69.8 Å². The van der Waals surface area contributed by atoms with Crippen molar-refractivity contribution in [2.75, 3.05) is 0 Å². The van der Waals surface area contributed by atoms with Gasteiger partial charge in [-0.2, -0.15) is 0 Å². The Morgan fingerprint density at radius 2 is 0.955 bits per heavy atom. The first-order chi connectivity index (χ1) is 10.3. The average Bonchev–Trinajstić information content (AvgIpc) is 2.50. The van der Waals surface area contributed by atoms with Gasteiger partial charge in [-0.15, -0.1) is 0 Å². The molecule has 0 unspecified atom stereocenters. The minimum Gasteiger partial charge on any atom is -0.285 e. The first-order valence-corrected chi connectivity index (χ1v) is 7.09. The van der Waals surface area contributed by atoms with Crippen molar-refractivity contribution in [3.63, 3.8) is 0 Å². The van der Waals surface area contributed by atoms with Gasteiger partial charge in [-0.25, -0.2) is 0 Å². The number of hydrogen-bond acceptors (Lipinski definition) is 3. The van der Waals surface area contributed by atoms with Crippen LogP contribution in [-0.2, 0) is 4.79 Å². The van der Waals surface area contributed by atoms with Crippen LogP contribution < -0.4 is 0 Å². The maximum Gasteiger partial charge on any atom is 0.273 e. The summed E-state index contributed by atoms with van der Waals surface area (Å²) in [5.74, 6) is -2.51. The summed E-state index contributed by atoms with van der Waals surface area (Å²) in [6.45, 7) is 7.57. The zero-order chi connectivity index (χ0) is 16.4. The Balaban J connectivity index is 2.29. The van der Waals surface area contributed by atoms with E-state index in [1.807, 2.05) is 27.7 Å². The van der Waals surface area contributed by atoms with Crippen molar-refractivity contribution in [1.82, 2.24) is 0 Å². The molecule has 2 aromatic carbocycles. The van der Waals surface area contributed by atoms with Crippen LogP contribution in [0, 0.1) is 27.7 Å². The summed E-state index contributed by atoms with van der Waals surface area (Å²) >= 11 is 0. The summed E-state index contributed by atoms with van der Waals surface area (Å²) in [6.07, 6.45) is 0. The van der Waals surface area contributed by atoms with E-state index in [-0.39, 0.29) is 11.1 Å². The number of carbonyl (C=O) groups is 3. The summed E-state index contributed by atoms with van der Waals surface area (Å²) in [5, 5.41) is 0. The van der Waals surface area contributed by atoms with Gasteiger partial charge >= 0.3 is 0 Å². The van der Waals surface area contributed by atoms with Gasteiger partial charge in [-0.3, -0.25) is 14.4 Å². The van der Waals surface area contributed by atoms with E-state index in [2.05, 4.69) is 0 Å². The van der Waals surface area contributed by atoms with E-state index < -0.39 is 17.3 Å². The van der Waals surface area contributed by atoms with E-state index in [0.29, 0.717) is 0 Å². The number of aryl methyl sites for hydroxylation is 4. The lowest BCUT2D eigenvalue weighted by atomic mass is 9.96. The van der Waals surface area contributed by atoms with E-state index in [1.165, 1.54) is 0 Å². The first kappa shape index (κ1) is 15.8. The van der Waals surface area contributed by atoms with Gasteiger partial charge in [0.05, 0.1) is 0 Å². The number of Topliss-reactive ketones (excluding diaryl/α,β-unsaturated/α-hetero) is 3. The van der Waals surface area contributed by atoms with Crippen molar-refractivity contribution in [2.45, 2.75) is 27.7 Å². The molecule has 2 aromatic rings. The van der Waals surface area contributed by atoms with Gasteiger partial charge in [0.2, 0.25) is 11.6 Å². The Kier molecular flexibility index (Phi) is 4.36. The van der Waals surface area contributed by atoms with E-state index in [0.717, 1.165) is 22.3 Å². The third kappa shape index (κ3) is 3.03. The van der Waals surface area contributed by atoms with Crippen LogP contribution in [0.5, 0.6) is 0 Å². The first-order valence-electron chi connectivity index (χ1n) is 7.09. The second-order valence-electron chi connectivity index (χ2n) is 5.59. The number of benzene rings is 2. The van der Waals surface area contributed by atoms with Crippen molar-refractivity contribution in [1.29, 1.82) is 0 Å². The fourth-order valence-corrected chi connectivity index (χ4v) is 2.13. The van der Waals surface area contributed by atoms with Gasteiger partial charge in [-0.1, -0.05) is 24.3 Å². The van der Waals surface area contributed by atoms with Gasteiger partial charge < -0.3 is 0 Å². The van der Waals surface area contributed by atoms with Crippen LogP contribution in [-0.4, -0.2) is 17.3 Å². The number of ketones is 3. The molecular weight excluding hydrogens is 276 g/mol. The zero-order valence-electron chi connectivity index (χ0n) is 13.2. The summed E-state index contributed by atoms with van der Waals surface area (Å²) in [6, 6.07) is 9.99. The zero-order valence-corrected chi connectivity index (χ0v) is 13.2. The number of hydrogen-bond donors (Lipinski definition) is 0. The van der Waals surface area contributed by atoms with Crippen molar-refractivity contribution in [2.24, 2.45) is 0 Å². The molecule has 3 nitrogen and oxygen atoms in total. The molecule has 2 rings (SSSR count). The Morgan fingerprint density at radius 3 is 1.27 bits per heavy atom. The summed E-state index contributed by atoms with van der Waals surface area (Å²) in [4.78, 5) is 36.5. The third-order valence-corrected chi connectivity index (χ3v) is 3.95. The normalized spacial score (nSPS) is 10.4. The SMILES string of the molecule is Cc1ccc(C(=O)C(=O)C(=O)c2ccc(C)c(C)c2)cc1C. The van der Waals surface area contributed by atoms with Gasteiger partial charge in [0.15, 0.2) is 0 Å². The van der Waals surface area contributed by atoms with Gasteiger partial charge in [0.1, 0.15) is 0 Å². The van der Waals surface area contributed by atoms with E-state index in [4.69, 9.17) is 0 Å². The van der Waals surface area contributed by atoms with E-state index in [9.17, 15) is 14.4 Å². The average molecular weight is 294 g/mol. The predicted molar refractivity (Wildman–Crippen MR) is 85.5 cm³/mol. The maximum absolute atomic E-state index is 12.2. The van der Waals surface area contributed by atoms with Crippen LogP contribution in [0.15, 0.2) is 36.4 Å². The molecule has 0 saturated carbocycles. The van der Waals surface area contributed by atoms with Crippen molar-refractivity contribution >= 4 is 17.3 Å². The standard InChI is InChI=1S/C19H18O3/c1-11-5-7-15(9-13(11)3)17(20)19(22)18(21)16-8-6-12(2)14(4)10-16/h5-10H,1-4H3. The largest absolute Gasteiger partial charge is 0.285 e. The summed E-state index contributed by atoms with van der Waals surface area (Å²) in [5.41, 5.74) is 4.40. The lowest BCUT2D eigenvalue weighted by Gasteiger charge is -2.05. The second kappa shape index (κ2) is 6.06. The highest BCUT2D eigenvalue weighted by Gasteiger charge is 2.25. The van der Waals surface area contributed by atoms with Crippen LogP contribution in [0.3, 0.4) is 0 Å². The van der Waals surface area contributed by atoms with Crippen LogP contribution >= 0.6 is 0 Å². The molecule has 0 amide bonds. The van der Waals surface area contributed by atoms with Crippen LogP contribution in [0.4, 0.5) is 0 Å². The molecule has 0 bridgehead atoms. The molecule has 0 spiro atoms.